The van der Waals surface area contributed by atoms with E-state index in [2.05, 4.69) is 4.74 Å². The average Bonchev–Trinajstić information content (AvgIpc) is 2.48. The second-order valence-electron chi connectivity index (χ2n) is 3.79. The molecule has 0 aliphatic heterocycles. The minimum atomic E-state index is -0.568. The molecule has 0 aromatic heterocycles. The van der Waals surface area contributed by atoms with Gasteiger partial charge in [0.2, 0.25) is 0 Å². The van der Waals surface area contributed by atoms with Crippen LogP contribution >= 0.6 is 0 Å². The highest BCUT2D eigenvalue weighted by Crippen LogP contribution is 2.31. The lowest BCUT2D eigenvalue weighted by molar-refractivity contribution is -0.121. The minimum Gasteiger partial charge on any atom is -0.497 e. The fourth-order valence-electron chi connectivity index (χ4n) is 1.51. The molecule has 0 bridgehead atoms. The van der Waals surface area contributed by atoms with Crippen LogP contribution < -0.4 is 15.2 Å². The molecular weight excluding hydrogens is 266 g/mol. The molecule has 0 atom stereocenters. The number of nitrogens with two attached hydrogens (primary N) is 1. The first-order valence-electron chi connectivity index (χ1n) is 5.81. The molecule has 20 heavy (non-hydrogen) atoms. The maximum absolute atomic E-state index is 11.6. The zero-order chi connectivity index (χ0) is 15.1. The molecule has 7 nitrogen and oxygen atoms in total. The number of hydrogen-bond donors (Lipinski definition) is 1. The molecule has 0 aliphatic rings. The second kappa shape index (κ2) is 7.56. The van der Waals surface area contributed by atoms with Crippen molar-refractivity contribution in [2.75, 3.05) is 40.8 Å². The van der Waals surface area contributed by atoms with Gasteiger partial charge < -0.3 is 29.4 Å². The van der Waals surface area contributed by atoms with Gasteiger partial charge in [0.1, 0.15) is 18.1 Å². The minimum absolute atomic E-state index is 0.116. The van der Waals surface area contributed by atoms with Crippen LogP contribution in [0.15, 0.2) is 12.1 Å². The van der Waals surface area contributed by atoms with Gasteiger partial charge in [-0.3, -0.25) is 0 Å². The number of carbonyl (C=O) groups is 1. The van der Waals surface area contributed by atoms with Gasteiger partial charge in [-0.25, -0.2) is 4.79 Å². The van der Waals surface area contributed by atoms with E-state index >= 15 is 0 Å². The van der Waals surface area contributed by atoms with Gasteiger partial charge >= 0.3 is 5.97 Å². The molecule has 2 N–H and O–H groups in total. The van der Waals surface area contributed by atoms with Crippen molar-refractivity contribution in [2.45, 2.75) is 6.29 Å². The Hall–Kier alpha value is -1.99. The zero-order valence-electron chi connectivity index (χ0n) is 12.0. The molecule has 0 amide bonds. The third-order valence-corrected chi connectivity index (χ3v) is 2.66. The largest absolute Gasteiger partial charge is 0.497 e. The molecule has 1 aromatic carbocycles. The predicted molar refractivity (Wildman–Crippen MR) is 72.0 cm³/mol. The van der Waals surface area contributed by atoms with Crippen LogP contribution in [0.3, 0.4) is 0 Å². The Morgan fingerprint density at radius 1 is 1.20 bits per heavy atom. The third kappa shape index (κ3) is 3.75. The van der Waals surface area contributed by atoms with E-state index in [1.165, 1.54) is 34.5 Å². The van der Waals surface area contributed by atoms with Crippen molar-refractivity contribution in [3.63, 3.8) is 0 Å². The molecule has 7 heteroatoms. The van der Waals surface area contributed by atoms with E-state index in [1.807, 2.05) is 0 Å². The molecule has 0 radical (unpaired) electrons. The van der Waals surface area contributed by atoms with Gasteiger partial charge in [0.05, 0.1) is 25.5 Å². The van der Waals surface area contributed by atoms with E-state index in [9.17, 15) is 4.79 Å². The van der Waals surface area contributed by atoms with Gasteiger partial charge in [-0.15, -0.1) is 0 Å². The summed E-state index contributed by atoms with van der Waals surface area (Å²) in [7, 11) is 5.73. The number of anilines is 1. The quantitative estimate of drug-likeness (QED) is 0.455. The highest BCUT2D eigenvalue weighted by molar-refractivity contribution is 5.97. The van der Waals surface area contributed by atoms with Crippen molar-refractivity contribution < 1.29 is 28.5 Å². The zero-order valence-corrected chi connectivity index (χ0v) is 12.0. The predicted octanol–water partition coefficient (Wildman–Crippen LogP) is 1.06. The number of rotatable bonds is 7. The first-order valence-corrected chi connectivity index (χ1v) is 5.81. The van der Waals surface area contributed by atoms with Crippen molar-refractivity contribution in [1.82, 2.24) is 0 Å². The molecule has 0 saturated carbocycles. The molecule has 1 aromatic rings. The van der Waals surface area contributed by atoms with Crippen LogP contribution in [-0.2, 0) is 14.2 Å². The molecule has 0 heterocycles. The van der Waals surface area contributed by atoms with Gasteiger partial charge in [-0.1, -0.05) is 0 Å². The third-order valence-electron chi connectivity index (χ3n) is 2.66. The number of nitrogen functional groups attached to an aromatic ring is 1. The maximum Gasteiger partial charge on any atom is 0.340 e. The SMILES string of the molecule is COC(=O)c1cc(OC)cc(OCC(OC)OC)c1N. The van der Waals surface area contributed by atoms with Crippen LogP contribution in [0.5, 0.6) is 11.5 Å². The van der Waals surface area contributed by atoms with Crippen LogP contribution in [-0.4, -0.2) is 47.3 Å². The summed E-state index contributed by atoms with van der Waals surface area (Å²) in [6, 6.07) is 3.06. The van der Waals surface area contributed by atoms with Crippen LogP contribution in [0.25, 0.3) is 0 Å². The van der Waals surface area contributed by atoms with Crippen LogP contribution in [0.2, 0.25) is 0 Å². The summed E-state index contributed by atoms with van der Waals surface area (Å²) in [6.07, 6.45) is -0.540. The number of esters is 1. The van der Waals surface area contributed by atoms with Crippen molar-refractivity contribution >= 4 is 11.7 Å². The van der Waals surface area contributed by atoms with Crippen molar-refractivity contribution in [3.8, 4) is 11.5 Å². The molecule has 0 saturated heterocycles. The fourth-order valence-corrected chi connectivity index (χ4v) is 1.51. The topological polar surface area (TPSA) is 89.2 Å². The van der Waals surface area contributed by atoms with Crippen LogP contribution in [0.4, 0.5) is 5.69 Å². The Labute approximate surface area is 117 Å². The number of methoxy groups -OCH3 is 4. The highest BCUT2D eigenvalue weighted by Gasteiger charge is 2.18. The van der Waals surface area contributed by atoms with Gasteiger partial charge in [0.25, 0.3) is 0 Å². The van der Waals surface area contributed by atoms with Gasteiger partial charge in [0, 0.05) is 20.3 Å². The molecule has 0 spiro atoms. The summed E-state index contributed by atoms with van der Waals surface area (Å²) in [5, 5.41) is 0. The molecule has 0 fully saturated rings. The number of ether oxygens (including phenoxy) is 5. The number of benzene rings is 1. The van der Waals surface area contributed by atoms with E-state index in [-0.39, 0.29) is 17.9 Å². The lowest BCUT2D eigenvalue weighted by Gasteiger charge is -2.17. The summed E-state index contributed by atoms with van der Waals surface area (Å²) in [5.74, 6) is 0.158. The lowest BCUT2D eigenvalue weighted by Crippen LogP contribution is -2.22. The van der Waals surface area contributed by atoms with Gasteiger partial charge in [-0.05, 0) is 6.07 Å². The number of hydrogen-bond acceptors (Lipinski definition) is 7. The Morgan fingerprint density at radius 3 is 2.35 bits per heavy atom. The van der Waals surface area contributed by atoms with Crippen LogP contribution in [0.1, 0.15) is 10.4 Å². The Morgan fingerprint density at radius 2 is 1.85 bits per heavy atom. The summed E-state index contributed by atoms with van der Waals surface area (Å²) in [4.78, 5) is 11.6. The Balaban J connectivity index is 3.02. The molecule has 1 rings (SSSR count). The smallest absolute Gasteiger partial charge is 0.340 e. The number of carbonyl (C=O) groups excluding carboxylic acids is 1. The molecule has 0 unspecified atom stereocenters. The van der Waals surface area contributed by atoms with Crippen molar-refractivity contribution in [3.05, 3.63) is 17.7 Å². The van der Waals surface area contributed by atoms with Gasteiger partial charge in [0.15, 0.2) is 6.29 Å². The van der Waals surface area contributed by atoms with E-state index in [4.69, 9.17) is 24.7 Å². The monoisotopic (exact) mass is 285 g/mol. The highest BCUT2D eigenvalue weighted by atomic mass is 16.7. The summed E-state index contributed by atoms with van der Waals surface area (Å²) in [5.41, 5.74) is 6.23. The van der Waals surface area contributed by atoms with E-state index in [0.717, 1.165) is 0 Å². The normalized spacial score (nSPS) is 10.4. The van der Waals surface area contributed by atoms with Crippen molar-refractivity contribution in [1.29, 1.82) is 0 Å². The lowest BCUT2D eigenvalue weighted by atomic mass is 10.1. The standard InChI is InChI=1S/C13H19NO6/c1-16-8-5-9(13(15)19-4)12(14)10(6-8)20-7-11(17-2)18-3/h5-6,11H,7,14H2,1-4H3. The summed E-state index contributed by atoms with van der Waals surface area (Å²) < 4.78 is 25.3. The van der Waals surface area contributed by atoms with Crippen molar-refractivity contribution in [2.24, 2.45) is 0 Å². The second-order valence-corrected chi connectivity index (χ2v) is 3.79. The summed E-state index contributed by atoms with van der Waals surface area (Å²) >= 11 is 0. The van der Waals surface area contributed by atoms with E-state index in [0.29, 0.717) is 11.5 Å². The Kier molecular flexibility index (Phi) is 6.08. The maximum atomic E-state index is 11.6. The van der Waals surface area contributed by atoms with E-state index in [1.54, 1.807) is 6.07 Å². The Bertz CT molecular complexity index is 458. The first-order chi connectivity index (χ1) is 9.57. The van der Waals surface area contributed by atoms with Crippen LogP contribution in [0, 0.1) is 0 Å². The fraction of sp³-hybridized carbons (Fsp3) is 0.462. The first kappa shape index (κ1) is 16.1. The summed E-state index contributed by atoms with van der Waals surface area (Å²) in [6.45, 7) is 0.116. The molecule has 112 valence electrons. The molecular formula is C13H19NO6. The van der Waals surface area contributed by atoms with E-state index < -0.39 is 12.3 Å². The molecule has 0 aliphatic carbocycles. The average molecular weight is 285 g/mol. The van der Waals surface area contributed by atoms with Gasteiger partial charge in [-0.2, -0.15) is 0 Å².